The molecule has 1 aliphatic heterocycles. The number of carbonyl (C=O) groups excluding carboxylic acids is 1. The van der Waals surface area contributed by atoms with Crippen LogP contribution >= 0.6 is 0 Å². The number of nitrogens with one attached hydrogen (secondary N) is 2. The molecule has 2 aliphatic rings. The van der Waals surface area contributed by atoms with Crippen molar-refractivity contribution in [3.05, 3.63) is 84.1 Å². The van der Waals surface area contributed by atoms with Gasteiger partial charge in [0.2, 0.25) is 6.79 Å². The first-order valence-electron chi connectivity index (χ1n) is 12.0. The molecule has 178 valence electrons. The molecule has 8 nitrogen and oxygen atoms in total. The van der Waals surface area contributed by atoms with E-state index in [1.807, 2.05) is 72.9 Å². The summed E-state index contributed by atoms with van der Waals surface area (Å²) >= 11 is 0. The van der Waals surface area contributed by atoms with E-state index in [9.17, 15) is 4.79 Å². The average molecular weight is 478 g/mol. The van der Waals surface area contributed by atoms with E-state index in [2.05, 4.69) is 15.0 Å². The number of ether oxygens (including phenoxy) is 2. The molecule has 0 radical (unpaired) electrons. The monoisotopic (exact) mass is 477 g/mol. The maximum atomic E-state index is 12.4. The lowest BCUT2D eigenvalue weighted by atomic mass is 10.1. The van der Waals surface area contributed by atoms with Crippen LogP contribution in [0.4, 0.5) is 5.82 Å². The molecule has 3 aromatic carbocycles. The first kappa shape index (κ1) is 20.8. The van der Waals surface area contributed by atoms with Gasteiger partial charge < -0.3 is 20.1 Å². The van der Waals surface area contributed by atoms with Gasteiger partial charge in [-0.2, -0.15) is 0 Å². The third kappa shape index (κ3) is 3.67. The highest BCUT2D eigenvalue weighted by Gasteiger charge is 2.24. The summed E-state index contributed by atoms with van der Waals surface area (Å²) in [6.45, 7) is 0.812. The Morgan fingerprint density at radius 2 is 1.83 bits per heavy atom. The number of hydrogen-bond donors (Lipinski definition) is 2. The van der Waals surface area contributed by atoms with Crippen LogP contribution in [0.15, 0.2) is 72.9 Å². The summed E-state index contributed by atoms with van der Waals surface area (Å²) in [5, 5.41) is 6.50. The Morgan fingerprint density at radius 3 is 2.69 bits per heavy atom. The highest BCUT2D eigenvalue weighted by atomic mass is 16.7. The Hall–Kier alpha value is -4.59. The van der Waals surface area contributed by atoms with Gasteiger partial charge in [0.1, 0.15) is 0 Å². The van der Waals surface area contributed by atoms with Crippen LogP contribution < -0.4 is 20.1 Å². The highest BCUT2D eigenvalue weighted by molar-refractivity contribution is 5.95. The van der Waals surface area contributed by atoms with E-state index in [0.717, 1.165) is 57.8 Å². The number of benzene rings is 3. The quantitative estimate of drug-likeness (QED) is 0.366. The van der Waals surface area contributed by atoms with Crippen molar-refractivity contribution in [2.45, 2.75) is 25.4 Å². The summed E-state index contributed by atoms with van der Waals surface area (Å²) in [5.41, 5.74) is 6.19. The summed E-state index contributed by atoms with van der Waals surface area (Å²) < 4.78 is 13.0. The SMILES string of the molecule is O=C(NC1CC1)c1ccc(-c2cnc3c(NCc4ccc5c(c4)OCO5)nc4ccccc4n23)cc1. The zero-order chi connectivity index (χ0) is 24.1. The zero-order valence-electron chi connectivity index (χ0n) is 19.4. The van der Waals surface area contributed by atoms with Crippen molar-refractivity contribution in [2.24, 2.45) is 0 Å². The molecule has 1 aliphatic carbocycles. The molecule has 3 heterocycles. The Balaban J connectivity index is 1.25. The Labute approximate surface area is 206 Å². The molecule has 1 fully saturated rings. The van der Waals surface area contributed by atoms with Gasteiger partial charge >= 0.3 is 0 Å². The minimum absolute atomic E-state index is 0.0214. The number of carbonyl (C=O) groups is 1. The molecule has 0 bridgehead atoms. The van der Waals surface area contributed by atoms with E-state index in [4.69, 9.17) is 19.4 Å². The van der Waals surface area contributed by atoms with Gasteiger partial charge in [-0.25, -0.2) is 9.97 Å². The molecule has 1 saturated carbocycles. The topological polar surface area (TPSA) is 89.8 Å². The molecular formula is C28H23N5O3. The van der Waals surface area contributed by atoms with Crippen LogP contribution in [0.2, 0.25) is 0 Å². The molecule has 2 aromatic heterocycles. The lowest BCUT2D eigenvalue weighted by Crippen LogP contribution is -2.25. The third-order valence-corrected chi connectivity index (χ3v) is 6.58. The normalized spacial score (nSPS) is 14.3. The van der Waals surface area contributed by atoms with E-state index in [-0.39, 0.29) is 12.7 Å². The van der Waals surface area contributed by atoms with Crippen molar-refractivity contribution < 1.29 is 14.3 Å². The van der Waals surface area contributed by atoms with E-state index >= 15 is 0 Å². The summed E-state index contributed by atoms with van der Waals surface area (Å²) in [7, 11) is 0. The number of amides is 1. The van der Waals surface area contributed by atoms with Crippen molar-refractivity contribution in [2.75, 3.05) is 12.1 Å². The number of rotatable bonds is 6. The minimum atomic E-state index is -0.0214. The minimum Gasteiger partial charge on any atom is -0.454 e. The van der Waals surface area contributed by atoms with Crippen molar-refractivity contribution in [3.63, 3.8) is 0 Å². The lowest BCUT2D eigenvalue weighted by molar-refractivity contribution is 0.0951. The second kappa shape index (κ2) is 8.27. The first-order chi connectivity index (χ1) is 17.7. The van der Waals surface area contributed by atoms with Gasteiger partial charge in [-0.1, -0.05) is 30.3 Å². The fraction of sp³-hybridized carbons (Fsp3) is 0.179. The molecule has 2 N–H and O–H groups in total. The van der Waals surface area contributed by atoms with Crippen LogP contribution in [0.3, 0.4) is 0 Å². The molecule has 8 heteroatoms. The fourth-order valence-electron chi connectivity index (χ4n) is 4.53. The maximum Gasteiger partial charge on any atom is 0.251 e. The Bertz CT molecular complexity index is 1620. The molecule has 5 aromatic rings. The van der Waals surface area contributed by atoms with Crippen LogP contribution in [-0.4, -0.2) is 33.1 Å². The smallest absolute Gasteiger partial charge is 0.251 e. The highest BCUT2D eigenvalue weighted by Crippen LogP contribution is 2.33. The number of para-hydroxylation sites is 2. The number of nitrogens with zero attached hydrogens (tertiary/aromatic N) is 3. The predicted molar refractivity (Wildman–Crippen MR) is 136 cm³/mol. The van der Waals surface area contributed by atoms with Gasteiger partial charge in [0.25, 0.3) is 5.91 Å². The second-order valence-corrected chi connectivity index (χ2v) is 9.12. The van der Waals surface area contributed by atoms with E-state index in [1.165, 1.54) is 0 Å². The summed E-state index contributed by atoms with van der Waals surface area (Å²) in [6, 6.07) is 21.9. The maximum absolute atomic E-state index is 12.4. The van der Waals surface area contributed by atoms with Crippen molar-refractivity contribution in [3.8, 4) is 22.8 Å². The number of anilines is 1. The molecule has 0 saturated heterocycles. The van der Waals surface area contributed by atoms with Gasteiger partial charge in [-0.05, 0) is 54.8 Å². The molecule has 0 atom stereocenters. The largest absolute Gasteiger partial charge is 0.454 e. The van der Waals surface area contributed by atoms with Crippen molar-refractivity contribution in [1.82, 2.24) is 19.7 Å². The number of fused-ring (bicyclic) bond motifs is 4. The van der Waals surface area contributed by atoms with Crippen molar-refractivity contribution >= 4 is 28.4 Å². The van der Waals surface area contributed by atoms with Crippen molar-refractivity contribution in [1.29, 1.82) is 0 Å². The molecule has 1 amide bonds. The van der Waals surface area contributed by atoms with Gasteiger partial charge in [0, 0.05) is 23.7 Å². The van der Waals surface area contributed by atoms with Gasteiger partial charge in [0.05, 0.1) is 22.9 Å². The average Bonchev–Trinajstić information content (AvgIpc) is 3.41. The lowest BCUT2D eigenvalue weighted by Gasteiger charge is -2.12. The van der Waals surface area contributed by atoms with Crippen LogP contribution in [0.1, 0.15) is 28.8 Å². The van der Waals surface area contributed by atoms with Gasteiger partial charge in [-0.15, -0.1) is 0 Å². The van der Waals surface area contributed by atoms with Gasteiger partial charge in [0.15, 0.2) is 23.0 Å². The molecule has 7 rings (SSSR count). The van der Waals surface area contributed by atoms with Crippen LogP contribution in [0.25, 0.3) is 27.9 Å². The van der Waals surface area contributed by atoms with Gasteiger partial charge in [-0.3, -0.25) is 9.20 Å². The number of imidazole rings is 1. The first-order valence-corrected chi connectivity index (χ1v) is 12.0. The Kier molecular flexibility index (Phi) is 4.77. The van der Waals surface area contributed by atoms with Crippen LogP contribution in [0, 0.1) is 0 Å². The summed E-state index contributed by atoms with van der Waals surface area (Å²) in [6.07, 6.45) is 3.99. The van der Waals surface area contributed by atoms with E-state index < -0.39 is 0 Å². The number of aromatic nitrogens is 3. The standard InChI is InChI=1S/C28H23N5O3/c34-28(31-20-10-11-20)19-8-6-18(7-9-19)23-15-30-27-26(32-21-3-1-2-4-22(21)33(23)27)29-14-17-5-12-24-25(13-17)36-16-35-24/h1-9,12-13,15,20H,10-11,14,16H2,(H,29,32)(H,31,34). The molecule has 36 heavy (non-hydrogen) atoms. The predicted octanol–water partition coefficient (Wildman–Crippen LogP) is 4.78. The molecule has 0 spiro atoms. The number of hydrogen-bond acceptors (Lipinski definition) is 6. The van der Waals surface area contributed by atoms with Crippen LogP contribution in [-0.2, 0) is 6.54 Å². The zero-order valence-corrected chi connectivity index (χ0v) is 19.4. The summed E-state index contributed by atoms with van der Waals surface area (Å²) in [4.78, 5) is 22.0. The van der Waals surface area contributed by atoms with E-state index in [0.29, 0.717) is 24.0 Å². The van der Waals surface area contributed by atoms with Crippen LogP contribution in [0.5, 0.6) is 11.5 Å². The molecule has 0 unspecified atom stereocenters. The van der Waals surface area contributed by atoms with E-state index in [1.54, 1.807) is 0 Å². The summed E-state index contributed by atoms with van der Waals surface area (Å²) in [5.74, 6) is 2.19. The molecular weight excluding hydrogens is 454 g/mol. The third-order valence-electron chi connectivity index (χ3n) is 6.58. The second-order valence-electron chi connectivity index (χ2n) is 9.12. The Morgan fingerprint density at radius 1 is 1.00 bits per heavy atom. The fourth-order valence-corrected chi connectivity index (χ4v) is 4.53.